The first kappa shape index (κ1) is 15.9. The second-order valence-electron chi connectivity index (χ2n) is 5.25. The molecule has 0 bridgehead atoms. The van der Waals surface area contributed by atoms with Crippen LogP contribution in [-0.2, 0) is 13.6 Å². The van der Waals surface area contributed by atoms with E-state index in [0.717, 1.165) is 11.3 Å². The van der Waals surface area contributed by atoms with Crippen molar-refractivity contribution in [2.75, 3.05) is 6.54 Å². The summed E-state index contributed by atoms with van der Waals surface area (Å²) in [7, 11) is 1.67. The third-order valence-electron chi connectivity index (χ3n) is 3.76. The summed E-state index contributed by atoms with van der Waals surface area (Å²) in [5, 5.41) is 3.70. The van der Waals surface area contributed by atoms with Crippen LogP contribution in [0.5, 0.6) is 0 Å². The van der Waals surface area contributed by atoms with E-state index in [0.29, 0.717) is 18.3 Å². The molecule has 7 heteroatoms. The second kappa shape index (κ2) is 6.13. The summed E-state index contributed by atoms with van der Waals surface area (Å²) in [6.07, 6.45) is 0. The Balaban J connectivity index is 2.35. The molecule has 0 fully saturated rings. The summed E-state index contributed by atoms with van der Waals surface area (Å²) in [5.41, 5.74) is 1.60. The number of nitrogens with zero attached hydrogens (tertiary/aromatic N) is 4. The molecule has 0 saturated carbocycles. The number of hydrogen-bond acceptors (Lipinski definition) is 5. The fraction of sp³-hybridized carbons (Fsp3) is 0.467. The maximum absolute atomic E-state index is 12.6. The molecule has 118 valence electrons. The van der Waals surface area contributed by atoms with Crippen LogP contribution < -0.4 is 5.56 Å². The molecule has 1 amide bonds. The van der Waals surface area contributed by atoms with Gasteiger partial charge in [0.05, 0.1) is 0 Å². The lowest BCUT2D eigenvalue weighted by Gasteiger charge is -2.19. The Morgan fingerprint density at radius 2 is 2.05 bits per heavy atom. The molecule has 0 radical (unpaired) electrons. The van der Waals surface area contributed by atoms with Crippen LogP contribution in [0.15, 0.2) is 15.4 Å². The van der Waals surface area contributed by atoms with Crippen LogP contribution in [0, 0.1) is 20.8 Å². The Labute approximate surface area is 128 Å². The van der Waals surface area contributed by atoms with Gasteiger partial charge in [-0.15, -0.1) is 0 Å². The van der Waals surface area contributed by atoms with Gasteiger partial charge in [0.2, 0.25) is 5.89 Å². The molecule has 2 aromatic heterocycles. The van der Waals surface area contributed by atoms with Crippen molar-refractivity contribution in [2.24, 2.45) is 7.05 Å². The average Bonchev–Trinajstić information content (AvgIpc) is 2.91. The van der Waals surface area contributed by atoms with Gasteiger partial charge in [-0.25, -0.2) is 0 Å². The summed E-state index contributed by atoms with van der Waals surface area (Å²) >= 11 is 0. The maximum atomic E-state index is 12.6. The minimum absolute atomic E-state index is 0.156. The molecule has 0 saturated heterocycles. The number of aryl methyl sites for hydroxylation is 2. The molecule has 2 aromatic rings. The molecule has 2 rings (SSSR count). The Hall–Kier alpha value is -2.44. The number of hydrogen-bond donors (Lipinski definition) is 0. The summed E-state index contributed by atoms with van der Waals surface area (Å²) < 4.78 is 6.53. The molecule has 0 aliphatic carbocycles. The highest BCUT2D eigenvalue weighted by Crippen LogP contribution is 2.10. The van der Waals surface area contributed by atoms with E-state index in [1.54, 1.807) is 20.0 Å². The van der Waals surface area contributed by atoms with Crippen LogP contribution in [-0.4, -0.2) is 32.1 Å². The van der Waals surface area contributed by atoms with Gasteiger partial charge in [-0.05, 0) is 39.3 Å². The molecule has 2 heterocycles. The second-order valence-corrected chi connectivity index (χ2v) is 5.25. The smallest absolute Gasteiger partial charge is 0.263 e. The Kier molecular flexibility index (Phi) is 4.44. The molecule has 0 aliphatic rings. The Bertz CT molecular complexity index is 761. The molecule has 0 N–H and O–H groups in total. The van der Waals surface area contributed by atoms with Crippen molar-refractivity contribution >= 4 is 5.91 Å². The van der Waals surface area contributed by atoms with Crippen molar-refractivity contribution in [3.8, 4) is 0 Å². The van der Waals surface area contributed by atoms with E-state index in [4.69, 9.17) is 4.52 Å². The normalized spacial score (nSPS) is 10.8. The fourth-order valence-corrected chi connectivity index (χ4v) is 2.20. The highest BCUT2D eigenvalue weighted by Gasteiger charge is 2.21. The van der Waals surface area contributed by atoms with Crippen molar-refractivity contribution < 1.29 is 9.32 Å². The van der Waals surface area contributed by atoms with Crippen LogP contribution in [0.25, 0.3) is 0 Å². The van der Waals surface area contributed by atoms with Crippen LogP contribution in [0.4, 0.5) is 0 Å². The molecular formula is C15H20N4O3. The van der Waals surface area contributed by atoms with E-state index in [2.05, 4.69) is 10.1 Å². The van der Waals surface area contributed by atoms with E-state index in [9.17, 15) is 9.59 Å². The highest BCUT2D eigenvalue weighted by atomic mass is 16.5. The van der Waals surface area contributed by atoms with E-state index in [1.165, 1.54) is 9.47 Å². The van der Waals surface area contributed by atoms with Crippen LogP contribution in [0.1, 0.15) is 40.3 Å². The standard InChI is InChI=1S/C15H20N4O3/c1-6-19(8-13-16-11(4)17-22-13)15(21)12-7-9(2)10(3)18(5)14(12)20/h7H,6,8H2,1-5H3. The summed E-state index contributed by atoms with van der Waals surface area (Å²) in [4.78, 5) is 30.6. The van der Waals surface area contributed by atoms with Crippen molar-refractivity contribution in [1.82, 2.24) is 19.6 Å². The first-order valence-electron chi connectivity index (χ1n) is 7.10. The van der Waals surface area contributed by atoms with Gasteiger partial charge in [-0.1, -0.05) is 5.16 Å². The Morgan fingerprint density at radius 3 is 2.59 bits per heavy atom. The van der Waals surface area contributed by atoms with Crippen molar-refractivity contribution in [3.63, 3.8) is 0 Å². The molecule has 0 aliphatic heterocycles. The topological polar surface area (TPSA) is 81.2 Å². The van der Waals surface area contributed by atoms with E-state index < -0.39 is 0 Å². The predicted octanol–water partition coefficient (Wildman–Crippen LogP) is 1.36. The van der Waals surface area contributed by atoms with Crippen LogP contribution in [0.3, 0.4) is 0 Å². The van der Waals surface area contributed by atoms with Gasteiger partial charge < -0.3 is 14.0 Å². The third-order valence-corrected chi connectivity index (χ3v) is 3.76. The Morgan fingerprint density at radius 1 is 1.36 bits per heavy atom. The fourth-order valence-electron chi connectivity index (χ4n) is 2.20. The summed E-state index contributed by atoms with van der Waals surface area (Å²) in [5.74, 6) is 0.538. The van der Waals surface area contributed by atoms with Gasteiger partial charge in [0.25, 0.3) is 11.5 Å². The van der Waals surface area contributed by atoms with Gasteiger partial charge >= 0.3 is 0 Å². The molecule has 7 nitrogen and oxygen atoms in total. The number of aromatic nitrogens is 3. The van der Waals surface area contributed by atoms with Gasteiger partial charge in [-0.3, -0.25) is 9.59 Å². The number of pyridine rings is 1. The van der Waals surface area contributed by atoms with E-state index >= 15 is 0 Å². The number of rotatable bonds is 4. The molecule has 0 atom stereocenters. The van der Waals surface area contributed by atoms with Gasteiger partial charge in [-0.2, -0.15) is 4.98 Å². The molecular weight excluding hydrogens is 284 g/mol. The molecule has 0 unspecified atom stereocenters. The minimum atomic E-state index is -0.331. The largest absolute Gasteiger partial charge is 0.337 e. The van der Waals surface area contributed by atoms with Crippen molar-refractivity contribution in [3.05, 3.63) is 45.0 Å². The average molecular weight is 304 g/mol. The third kappa shape index (κ3) is 2.93. The van der Waals surface area contributed by atoms with Gasteiger partial charge in [0.1, 0.15) is 12.1 Å². The first-order valence-corrected chi connectivity index (χ1v) is 7.10. The monoisotopic (exact) mass is 304 g/mol. The summed E-state index contributed by atoms with van der Waals surface area (Å²) in [6, 6.07) is 1.64. The maximum Gasteiger partial charge on any atom is 0.263 e. The number of carbonyl (C=O) groups is 1. The lowest BCUT2D eigenvalue weighted by Crippen LogP contribution is -2.36. The van der Waals surface area contributed by atoms with Gasteiger partial charge in [0.15, 0.2) is 5.82 Å². The number of amides is 1. The zero-order chi connectivity index (χ0) is 16.4. The number of carbonyl (C=O) groups excluding carboxylic acids is 1. The molecule has 0 aromatic carbocycles. The zero-order valence-corrected chi connectivity index (χ0v) is 13.5. The first-order chi connectivity index (χ1) is 10.3. The molecule has 0 spiro atoms. The lowest BCUT2D eigenvalue weighted by molar-refractivity contribution is 0.0732. The van der Waals surface area contributed by atoms with Gasteiger partial charge in [0, 0.05) is 19.3 Å². The SMILES string of the molecule is CCN(Cc1nc(C)no1)C(=O)c1cc(C)c(C)n(C)c1=O. The van der Waals surface area contributed by atoms with E-state index in [-0.39, 0.29) is 23.6 Å². The van der Waals surface area contributed by atoms with Crippen LogP contribution >= 0.6 is 0 Å². The summed E-state index contributed by atoms with van der Waals surface area (Å²) in [6.45, 7) is 7.91. The predicted molar refractivity (Wildman–Crippen MR) is 80.6 cm³/mol. The van der Waals surface area contributed by atoms with Crippen molar-refractivity contribution in [2.45, 2.75) is 34.2 Å². The lowest BCUT2D eigenvalue weighted by atomic mass is 10.1. The van der Waals surface area contributed by atoms with E-state index in [1.807, 2.05) is 20.8 Å². The highest BCUT2D eigenvalue weighted by molar-refractivity contribution is 5.94. The minimum Gasteiger partial charge on any atom is -0.337 e. The molecule has 22 heavy (non-hydrogen) atoms. The quantitative estimate of drug-likeness (QED) is 0.852. The van der Waals surface area contributed by atoms with Crippen molar-refractivity contribution in [1.29, 1.82) is 0 Å². The zero-order valence-electron chi connectivity index (χ0n) is 13.5. The van der Waals surface area contributed by atoms with Crippen LogP contribution in [0.2, 0.25) is 0 Å².